The molecule has 4 N–H and O–H groups in total. The van der Waals surface area contributed by atoms with Crippen molar-refractivity contribution in [2.45, 2.75) is 44.1 Å². The Balaban J connectivity index is 1.28. The molecule has 3 aromatic heterocycles. The van der Waals surface area contributed by atoms with Gasteiger partial charge in [0.2, 0.25) is 5.88 Å². The molecular formula is C22H20F2N8O2. The lowest BCUT2D eigenvalue weighted by atomic mass is 10.1. The van der Waals surface area contributed by atoms with Gasteiger partial charge in [-0.15, -0.1) is 0 Å². The van der Waals surface area contributed by atoms with Gasteiger partial charge in [0, 0.05) is 23.1 Å². The third kappa shape index (κ3) is 3.42. The van der Waals surface area contributed by atoms with Crippen molar-refractivity contribution in [2.24, 2.45) is 0 Å². The second kappa shape index (κ2) is 7.20. The van der Waals surface area contributed by atoms with E-state index in [4.69, 9.17) is 10.3 Å². The molecule has 1 aromatic carbocycles. The number of fused-ring (bicyclic) bond motifs is 1. The van der Waals surface area contributed by atoms with Gasteiger partial charge in [-0.2, -0.15) is 5.10 Å². The first-order valence-corrected chi connectivity index (χ1v) is 10.9. The number of benzene rings is 1. The van der Waals surface area contributed by atoms with Crippen LogP contribution in [0.5, 0.6) is 0 Å². The van der Waals surface area contributed by atoms with Crippen LogP contribution < -0.4 is 16.4 Å². The average molecular weight is 466 g/mol. The summed E-state index contributed by atoms with van der Waals surface area (Å²) < 4.78 is 36.8. The van der Waals surface area contributed by atoms with Gasteiger partial charge in [-0.25, -0.2) is 28.2 Å². The molecule has 0 radical (unpaired) electrons. The maximum absolute atomic E-state index is 15.1. The van der Waals surface area contributed by atoms with Crippen LogP contribution >= 0.6 is 0 Å². The highest BCUT2D eigenvalue weighted by atomic mass is 19.1. The molecule has 2 aliphatic rings. The predicted molar refractivity (Wildman–Crippen MR) is 119 cm³/mol. The number of rotatable bonds is 5. The zero-order chi connectivity index (χ0) is 23.6. The molecule has 34 heavy (non-hydrogen) atoms. The van der Waals surface area contributed by atoms with E-state index in [1.165, 1.54) is 6.33 Å². The molecule has 0 saturated heterocycles. The first kappa shape index (κ1) is 20.5. The minimum absolute atomic E-state index is 0.0317. The molecule has 10 nitrogen and oxygen atoms in total. The highest BCUT2D eigenvalue weighted by molar-refractivity contribution is 6.00. The first-order valence-electron chi connectivity index (χ1n) is 10.9. The predicted octanol–water partition coefficient (Wildman–Crippen LogP) is 4.37. The van der Waals surface area contributed by atoms with Crippen molar-refractivity contribution in [1.82, 2.24) is 24.9 Å². The number of urea groups is 1. The van der Waals surface area contributed by atoms with Gasteiger partial charge >= 0.3 is 6.03 Å². The molecule has 2 aliphatic carbocycles. The summed E-state index contributed by atoms with van der Waals surface area (Å²) in [6.07, 6.45) is 5.14. The summed E-state index contributed by atoms with van der Waals surface area (Å²) in [6.45, 7) is 2.05. The molecule has 2 saturated carbocycles. The second-order valence-electron chi connectivity index (χ2n) is 9.01. The standard InChI is InChI=1S/C22H20F2N8O2/c1-22(4-5-22)15-8-16(34-31-15)29-21(33)28-14-7-12(23)11(6-13(14)24)18-17-19(25)26-9-27-20(17)32(30-18)10-2-3-10/h6-10H,2-5H2,1H3,(H2,25,26,27)(H2,28,29,33). The largest absolute Gasteiger partial charge is 0.383 e. The Hall–Kier alpha value is -4.09. The molecule has 4 aromatic rings. The molecule has 0 aliphatic heterocycles. The fourth-order valence-electron chi connectivity index (χ4n) is 3.91. The maximum atomic E-state index is 15.1. The van der Waals surface area contributed by atoms with Crippen LogP contribution in [0.25, 0.3) is 22.3 Å². The number of amides is 2. The Kier molecular flexibility index (Phi) is 4.35. The molecule has 6 rings (SSSR count). The van der Waals surface area contributed by atoms with Crippen LogP contribution in [0.3, 0.4) is 0 Å². The van der Waals surface area contributed by atoms with Gasteiger partial charge < -0.3 is 15.6 Å². The topological polar surface area (TPSA) is 137 Å². The zero-order valence-electron chi connectivity index (χ0n) is 18.1. The lowest BCUT2D eigenvalue weighted by Crippen LogP contribution is -2.20. The summed E-state index contributed by atoms with van der Waals surface area (Å²) in [7, 11) is 0. The number of aromatic nitrogens is 5. The summed E-state index contributed by atoms with van der Waals surface area (Å²) in [5, 5.41) is 13.5. The first-order chi connectivity index (χ1) is 16.3. The van der Waals surface area contributed by atoms with Crippen molar-refractivity contribution in [3.63, 3.8) is 0 Å². The van der Waals surface area contributed by atoms with Gasteiger partial charge in [-0.05, 0) is 31.7 Å². The smallest absolute Gasteiger partial charge is 0.326 e. The molecule has 0 unspecified atom stereocenters. The molecule has 2 amide bonds. The molecule has 12 heteroatoms. The average Bonchev–Trinajstić information content (AvgIpc) is 3.69. The van der Waals surface area contributed by atoms with Gasteiger partial charge in [0.15, 0.2) is 5.65 Å². The van der Waals surface area contributed by atoms with Crippen molar-refractivity contribution in [2.75, 3.05) is 16.4 Å². The summed E-state index contributed by atoms with van der Waals surface area (Å²) in [5.41, 5.74) is 6.90. The number of carbonyl (C=O) groups excluding carboxylic acids is 1. The molecule has 174 valence electrons. The van der Waals surface area contributed by atoms with Crippen molar-refractivity contribution >= 4 is 34.5 Å². The lowest BCUT2D eigenvalue weighted by molar-refractivity contribution is 0.261. The summed E-state index contributed by atoms with van der Waals surface area (Å²) in [6, 6.07) is 2.83. The molecule has 0 bridgehead atoms. The molecule has 0 spiro atoms. The highest BCUT2D eigenvalue weighted by Gasteiger charge is 2.42. The van der Waals surface area contributed by atoms with Gasteiger partial charge in [0.25, 0.3) is 0 Å². The maximum Gasteiger partial charge on any atom is 0.326 e. The fraction of sp³-hybridized carbons (Fsp3) is 0.318. The number of nitrogens with zero attached hydrogens (tertiary/aromatic N) is 5. The second-order valence-corrected chi connectivity index (χ2v) is 9.01. The van der Waals surface area contributed by atoms with Crippen LogP contribution in [0.15, 0.2) is 29.0 Å². The van der Waals surface area contributed by atoms with E-state index in [1.54, 1.807) is 10.7 Å². The Morgan fingerprint density at radius 3 is 2.71 bits per heavy atom. The Morgan fingerprint density at radius 1 is 1.18 bits per heavy atom. The summed E-state index contributed by atoms with van der Waals surface area (Å²) in [4.78, 5) is 20.5. The number of nitrogen functional groups attached to an aromatic ring is 1. The number of hydrogen-bond acceptors (Lipinski definition) is 7. The minimum Gasteiger partial charge on any atom is -0.383 e. The van der Waals surface area contributed by atoms with Crippen LogP contribution in [-0.4, -0.2) is 30.9 Å². The monoisotopic (exact) mass is 466 g/mol. The quantitative estimate of drug-likeness (QED) is 0.397. The van der Waals surface area contributed by atoms with Crippen LogP contribution in [0, 0.1) is 11.6 Å². The third-order valence-electron chi connectivity index (χ3n) is 6.34. The van der Waals surface area contributed by atoms with E-state index in [0.29, 0.717) is 11.0 Å². The van der Waals surface area contributed by atoms with E-state index in [0.717, 1.165) is 43.5 Å². The van der Waals surface area contributed by atoms with Gasteiger partial charge in [-0.1, -0.05) is 12.1 Å². The van der Waals surface area contributed by atoms with Crippen molar-refractivity contribution < 1.29 is 18.1 Å². The number of nitrogens with two attached hydrogens (primary N) is 1. The highest BCUT2D eigenvalue weighted by Crippen LogP contribution is 2.47. The Morgan fingerprint density at radius 2 is 1.97 bits per heavy atom. The normalized spacial score (nSPS) is 16.6. The SMILES string of the molecule is CC1(c2cc(NC(=O)Nc3cc(F)c(-c4nn(C5CC5)c5ncnc(N)c45)cc3F)on2)CC1. The number of nitrogens with one attached hydrogen (secondary N) is 2. The molecule has 3 heterocycles. The molecular weight excluding hydrogens is 446 g/mol. The molecule has 2 fully saturated rings. The van der Waals surface area contributed by atoms with Crippen molar-refractivity contribution in [1.29, 1.82) is 0 Å². The van der Waals surface area contributed by atoms with Crippen LogP contribution in [0.4, 0.5) is 31.0 Å². The third-order valence-corrected chi connectivity index (χ3v) is 6.34. The number of halogens is 2. The Labute approximate surface area is 191 Å². The fourth-order valence-corrected chi connectivity index (χ4v) is 3.91. The Bertz CT molecular complexity index is 1450. The van der Waals surface area contributed by atoms with Gasteiger partial charge in [0.1, 0.15) is 29.5 Å². The number of anilines is 3. The van der Waals surface area contributed by atoms with Crippen LogP contribution in [0.1, 0.15) is 44.3 Å². The van der Waals surface area contributed by atoms with E-state index in [2.05, 4.69) is 30.9 Å². The van der Waals surface area contributed by atoms with Gasteiger partial charge in [-0.3, -0.25) is 5.32 Å². The molecule has 0 atom stereocenters. The zero-order valence-corrected chi connectivity index (χ0v) is 18.1. The number of hydrogen-bond donors (Lipinski definition) is 3. The van der Waals surface area contributed by atoms with Crippen LogP contribution in [0.2, 0.25) is 0 Å². The number of carbonyl (C=O) groups is 1. The minimum atomic E-state index is -0.847. The van der Waals surface area contributed by atoms with E-state index in [1.807, 2.05) is 6.92 Å². The van der Waals surface area contributed by atoms with E-state index in [9.17, 15) is 9.18 Å². The van der Waals surface area contributed by atoms with Crippen molar-refractivity contribution in [3.05, 3.63) is 41.9 Å². The van der Waals surface area contributed by atoms with Gasteiger partial charge in [0.05, 0.1) is 22.8 Å². The van der Waals surface area contributed by atoms with Crippen molar-refractivity contribution in [3.8, 4) is 11.3 Å². The van der Waals surface area contributed by atoms with E-state index >= 15 is 4.39 Å². The van der Waals surface area contributed by atoms with Crippen LogP contribution in [-0.2, 0) is 5.41 Å². The van der Waals surface area contributed by atoms with E-state index in [-0.39, 0.29) is 40.1 Å². The summed E-state index contributed by atoms with van der Waals surface area (Å²) in [5.74, 6) is -1.39. The summed E-state index contributed by atoms with van der Waals surface area (Å²) >= 11 is 0. The lowest BCUT2D eigenvalue weighted by Gasteiger charge is -2.09. The van der Waals surface area contributed by atoms with E-state index < -0.39 is 17.7 Å².